The predicted octanol–water partition coefficient (Wildman–Crippen LogP) is 3.16. The molecule has 0 unspecified atom stereocenters. The summed E-state index contributed by atoms with van der Waals surface area (Å²) in [5, 5.41) is 23.6. The van der Waals surface area contributed by atoms with Gasteiger partial charge in [0.25, 0.3) is 0 Å². The Labute approximate surface area is 118 Å². The summed E-state index contributed by atoms with van der Waals surface area (Å²) in [7, 11) is 0. The Hall–Kier alpha value is -0.900. The van der Waals surface area contributed by atoms with Crippen molar-refractivity contribution < 1.29 is 15.3 Å². The lowest BCUT2D eigenvalue weighted by molar-refractivity contribution is 0.294. The van der Waals surface area contributed by atoms with E-state index in [-0.39, 0.29) is 0 Å². The molecule has 0 atom stereocenters. The van der Waals surface area contributed by atoms with Crippen LogP contribution in [0.15, 0.2) is 30.3 Å². The Morgan fingerprint density at radius 2 is 0.947 bits per heavy atom. The minimum atomic E-state index is 0.319. The van der Waals surface area contributed by atoms with Crippen LogP contribution in [0.4, 0.5) is 0 Å². The molecule has 0 saturated heterocycles. The van der Waals surface area contributed by atoms with Crippen molar-refractivity contribution in [2.45, 2.75) is 47.0 Å². The average Bonchev–Trinajstić information content (AvgIpc) is 2.48. The fraction of sp³-hybridized carbons (Fsp3) is 0.625. The van der Waals surface area contributed by atoms with Gasteiger partial charge in [-0.1, -0.05) is 56.7 Å². The van der Waals surface area contributed by atoms with Gasteiger partial charge < -0.3 is 15.3 Å². The van der Waals surface area contributed by atoms with Crippen molar-refractivity contribution in [2.24, 2.45) is 0 Å². The number of hydrogen-bond donors (Lipinski definition) is 3. The Morgan fingerprint density at radius 1 is 0.684 bits per heavy atom. The van der Waals surface area contributed by atoms with Gasteiger partial charge in [-0.05, 0) is 26.2 Å². The van der Waals surface area contributed by atoms with Crippen LogP contribution in [0.1, 0.15) is 45.6 Å². The Morgan fingerprint density at radius 3 is 1.05 bits per heavy atom. The highest BCUT2D eigenvalue weighted by molar-refractivity contribution is 5.11. The van der Waals surface area contributed by atoms with Crippen LogP contribution in [-0.4, -0.2) is 35.1 Å². The largest absolute Gasteiger partial charge is 0.396 e. The molecule has 3 N–H and O–H groups in total. The summed E-state index contributed by atoms with van der Waals surface area (Å²) in [5.41, 5.74) is 1.32. The number of rotatable bonds is 3. The van der Waals surface area contributed by atoms with Gasteiger partial charge in [0.05, 0.1) is 0 Å². The molecule has 0 amide bonds. The summed E-state index contributed by atoms with van der Waals surface area (Å²) in [6.45, 7) is 8.83. The quantitative estimate of drug-likeness (QED) is 0.792. The SMILES string of the molecule is CCCO.CCCO.CCCO.Cc1ccccc1. The summed E-state index contributed by atoms with van der Waals surface area (Å²) in [6.07, 6.45) is 2.62. The van der Waals surface area contributed by atoms with Crippen LogP contribution in [0.5, 0.6) is 0 Å². The molecule has 1 rings (SSSR count). The molecule has 1 aromatic carbocycles. The fourth-order valence-electron chi connectivity index (χ4n) is 0.534. The van der Waals surface area contributed by atoms with Crippen LogP contribution in [0.3, 0.4) is 0 Å². The second kappa shape index (κ2) is 25.8. The van der Waals surface area contributed by atoms with Crippen molar-refractivity contribution >= 4 is 0 Å². The zero-order valence-corrected chi connectivity index (χ0v) is 13.0. The highest BCUT2D eigenvalue weighted by atomic mass is 16.3. The molecule has 0 saturated carbocycles. The van der Waals surface area contributed by atoms with Crippen LogP contribution in [0, 0.1) is 6.92 Å². The first kappa shape index (κ1) is 23.2. The second-order valence-electron chi connectivity index (χ2n) is 3.83. The molecule has 0 heterocycles. The molecule has 19 heavy (non-hydrogen) atoms. The number of aliphatic hydroxyl groups is 3. The number of benzene rings is 1. The third kappa shape index (κ3) is 38.2. The van der Waals surface area contributed by atoms with Gasteiger partial charge in [-0.2, -0.15) is 0 Å². The highest BCUT2D eigenvalue weighted by Gasteiger charge is 1.72. The minimum Gasteiger partial charge on any atom is -0.396 e. The number of hydrogen-bond acceptors (Lipinski definition) is 3. The van der Waals surface area contributed by atoms with Crippen LogP contribution in [-0.2, 0) is 0 Å². The van der Waals surface area contributed by atoms with E-state index in [0.29, 0.717) is 19.8 Å². The third-order valence-electron chi connectivity index (χ3n) is 1.61. The number of aryl methyl sites for hydroxylation is 1. The van der Waals surface area contributed by atoms with Crippen molar-refractivity contribution in [1.29, 1.82) is 0 Å². The molecule has 0 aliphatic rings. The predicted molar refractivity (Wildman–Crippen MR) is 83.3 cm³/mol. The molecular formula is C16H32O3. The van der Waals surface area contributed by atoms with Crippen LogP contribution in [0.25, 0.3) is 0 Å². The zero-order chi connectivity index (χ0) is 15.4. The van der Waals surface area contributed by atoms with Crippen molar-refractivity contribution in [3.8, 4) is 0 Å². The van der Waals surface area contributed by atoms with Gasteiger partial charge >= 0.3 is 0 Å². The highest BCUT2D eigenvalue weighted by Crippen LogP contribution is 1.92. The van der Waals surface area contributed by atoms with Gasteiger partial charge in [0.15, 0.2) is 0 Å². The van der Waals surface area contributed by atoms with Crippen molar-refractivity contribution in [1.82, 2.24) is 0 Å². The van der Waals surface area contributed by atoms with E-state index in [1.807, 2.05) is 39.0 Å². The van der Waals surface area contributed by atoms with Crippen molar-refractivity contribution in [3.63, 3.8) is 0 Å². The lowest BCUT2D eigenvalue weighted by Gasteiger charge is -1.82. The van der Waals surface area contributed by atoms with E-state index >= 15 is 0 Å². The van der Waals surface area contributed by atoms with E-state index in [1.165, 1.54) is 5.56 Å². The lowest BCUT2D eigenvalue weighted by atomic mass is 10.2. The van der Waals surface area contributed by atoms with E-state index in [1.54, 1.807) is 0 Å². The Kier molecular flexibility index (Phi) is 31.6. The summed E-state index contributed by atoms with van der Waals surface area (Å²) >= 11 is 0. The maximum Gasteiger partial charge on any atom is 0.0428 e. The molecule has 0 spiro atoms. The van der Waals surface area contributed by atoms with Gasteiger partial charge in [-0.15, -0.1) is 0 Å². The first-order chi connectivity index (χ1) is 9.14. The van der Waals surface area contributed by atoms with Gasteiger partial charge in [-0.3, -0.25) is 0 Å². The van der Waals surface area contributed by atoms with Crippen LogP contribution in [0.2, 0.25) is 0 Å². The Balaban J connectivity index is -0.000000189. The minimum absolute atomic E-state index is 0.319. The lowest BCUT2D eigenvalue weighted by Crippen LogP contribution is -1.69. The Bertz CT molecular complexity index is 197. The molecule has 3 nitrogen and oxygen atoms in total. The second-order valence-corrected chi connectivity index (χ2v) is 3.83. The summed E-state index contributed by atoms with van der Waals surface area (Å²) < 4.78 is 0. The van der Waals surface area contributed by atoms with Gasteiger partial charge in [0, 0.05) is 19.8 Å². The standard InChI is InChI=1S/C7H8.3C3H8O/c1-7-5-3-2-4-6-7;3*1-2-3-4/h2-6H,1H3;3*4H,2-3H2,1H3. The van der Waals surface area contributed by atoms with E-state index in [2.05, 4.69) is 19.1 Å². The van der Waals surface area contributed by atoms with E-state index in [4.69, 9.17) is 15.3 Å². The molecule has 0 aromatic heterocycles. The zero-order valence-electron chi connectivity index (χ0n) is 13.0. The van der Waals surface area contributed by atoms with Crippen LogP contribution < -0.4 is 0 Å². The topological polar surface area (TPSA) is 60.7 Å². The fourth-order valence-corrected chi connectivity index (χ4v) is 0.534. The maximum absolute atomic E-state index is 7.88. The summed E-state index contributed by atoms with van der Waals surface area (Å²) in [5.74, 6) is 0. The van der Waals surface area contributed by atoms with Gasteiger partial charge in [0.1, 0.15) is 0 Å². The summed E-state index contributed by atoms with van der Waals surface area (Å²) in [4.78, 5) is 0. The molecular weight excluding hydrogens is 240 g/mol. The molecule has 0 fully saturated rings. The van der Waals surface area contributed by atoms with Gasteiger partial charge in [-0.25, -0.2) is 0 Å². The van der Waals surface area contributed by atoms with E-state index in [9.17, 15) is 0 Å². The third-order valence-corrected chi connectivity index (χ3v) is 1.61. The van der Waals surface area contributed by atoms with E-state index < -0.39 is 0 Å². The summed E-state index contributed by atoms with van der Waals surface area (Å²) in [6, 6.07) is 10.3. The monoisotopic (exact) mass is 272 g/mol. The molecule has 114 valence electrons. The first-order valence-corrected chi connectivity index (χ1v) is 6.98. The van der Waals surface area contributed by atoms with Crippen LogP contribution >= 0.6 is 0 Å². The average molecular weight is 272 g/mol. The molecule has 0 bridgehead atoms. The number of aliphatic hydroxyl groups excluding tert-OH is 3. The molecule has 0 aliphatic heterocycles. The maximum atomic E-state index is 7.88. The molecule has 0 radical (unpaired) electrons. The molecule has 1 aromatic rings. The normalized spacial score (nSPS) is 7.95. The van der Waals surface area contributed by atoms with Crippen molar-refractivity contribution in [3.05, 3.63) is 35.9 Å². The molecule has 3 heteroatoms. The molecule has 0 aliphatic carbocycles. The van der Waals surface area contributed by atoms with Crippen molar-refractivity contribution in [2.75, 3.05) is 19.8 Å². The van der Waals surface area contributed by atoms with E-state index in [0.717, 1.165) is 19.3 Å². The first-order valence-electron chi connectivity index (χ1n) is 6.98. The smallest absolute Gasteiger partial charge is 0.0428 e. The van der Waals surface area contributed by atoms with Gasteiger partial charge in [0.2, 0.25) is 0 Å².